The van der Waals surface area contributed by atoms with Gasteiger partial charge in [0.2, 0.25) is 0 Å². The largest absolute Gasteiger partial charge is 0.352 e. The predicted molar refractivity (Wildman–Crippen MR) is 110 cm³/mol. The fourth-order valence-corrected chi connectivity index (χ4v) is 3.61. The van der Waals surface area contributed by atoms with E-state index in [0.717, 1.165) is 18.6 Å². The number of fused-ring (bicyclic) bond motifs is 1. The highest BCUT2D eigenvalue weighted by atomic mass is 32.2. The topological polar surface area (TPSA) is 65.0 Å². The van der Waals surface area contributed by atoms with E-state index >= 15 is 0 Å². The van der Waals surface area contributed by atoms with Crippen LogP contribution in [0.3, 0.4) is 0 Å². The van der Waals surface area contributed by atoms with Crippen molar-refractivity contribution in [3.63, 3.8) is 0 Å². The highest BCUT2D eigenvalue weighted by Crippen LogP contribution is 2.24. The molecule has 6 nitrogen and oxygen atoms in total. The van der Waals surface area contributed by atoms with Crippen molar-refractivity contribution in [3.8, 4) is 0 Å². The summed E-state index contributed by atoms with van der Waals surface area (Å²) in [4.78, 5) is 33.6. The second-order valence-corrected chi connectivity index (χ2v) is 7.66. The van der Waals surface area contributed by atoms with Gasteiger partial charge in [0.05, 0.1) is 18.2 Å². The van der Waals surface area contributed by atoms with E-state index in [-0.39, 0.29) is 18.0 Å². The highest BCUT2D eigenvalue weighted by molar-refractivity contribution is 7.98. The van der Waals surface area contributed by atoms with Crippen LogP contribution in [-0.2, 0) is 11.2 Å². The van der Waals surface area contributed by atoms with Crippen molar-refractivity contribution in [3.05, 3.63) is 47.7 Å². The predicted octanol–water partition coefficient (Wildman–Crippen LogP) is 2.52. The number of nitrogens with one attached hydrogen (secondary N) is 1. The van der Waals surface area contributed by atoms with E-state index in [1.807, 2.05) is 31.4 Å². The van der Waals surface area contributed by atoms with E-state index in [4.69, 9.17) is 4.99 Å². The van der Waals surface area contributed by atoms with E-state index in [1.54, 1.807) is 27.8 Å². The van der Waals surface area contributed by atoms with Gasteiger partial charge >= 0.3 is 6.03 Å². The quantitative estimate of drug-likeness (QED) is 0.747. The van der Waals surface area contributed by atoms with Gasteiger partial charge in [0.1, 0.15) is 5.84 Å². The number of hydrogen-bond donors (Lipinski definition) is 1. The Labute approximate surface area is 164 Å². The van der Waals surface area contributed by atoms with Gasteiger partial charge in [0.25, 0.3) is 5.91 Å². The number of benzene rings is 1. The SMILES string of the molecule is CCCNC(=O)C1=CN(CCSC)C(=O)N2C[C@@H](Cc3ccccc3)N=C12. The third kappa shape index (κ3) is 4.53. The molecule has 144 valence electrons. The van der Waals surface area contributed by atoms with Crippen molar-refractivity contribution in [2.24, 2.45) is 4.99 Å². The second-order valence-electron chi connectivity index (χ2n) is 6.67. The van der Waals surface area contributed by atoms with E-state index in [2.05, 4.69) is 17.4 Å². The first-order valence-corrected chi connectivity index (χ1v) is 10.7. The summed E-state index contributed by atoms with van der Waals surface area (Å²) in [5, 5.41) is 2.91. The molecule has 0 saturated carbocycles. The molecule has 27 heavy (non-hydrogen) atoms. The summed E-state index contributed by atoms with van der Waals surface area (Å²) in [6.07, 6.45) is 5.29. The molecule has 3 rings (SSSR count). The molecule has 0 fully saturated rings. The number of urea groups is 1. The molecule has 3 amide bonds. The Kier molecular flexibility index (Phi) is 6.55. The number of rotatable bonds is 8. The Morgan fingerprint density at radius 3 is 2.81 bits per heavy atom. The molecule has 1 aromatic carbocycles. The Morgan fingerprint density at radius 1 is 1.33 bits per heavy atom. The normalized spacial score (nSPS) is 18.9. The number of carbonyl (C=O) groups is 2. The summed E-state index contributed by atoms with van der Waals surface area (Å²) in [6.45, 7) is 3.71. The van der Waals surface area contributed by atoms with Crippen LogP contribution in [-0.4, -0.2) is 65.3 Å². The molecule has 0 bridgehead atoms. The Morgan fingerprint density at radius 2 is 2.11 bits per heavy atom. The Bertz CT molecular complexity index is 748. The maximum absolute atomic E-state index is 12.9. The average molecular weight is 387 g/mol. The standard InChI is InChI=1S/C20H26N4O2S/c1-3-9-21-19(25)17-14-23(10-11-27-2)20(26)24-13-16(22-18(17)24)12-15-7-5-4-6-8-15/h4-8,14,16H,3,9-13H2,1-2H3,(H,21,25)/t16-/m1/s1. The van der Waals surface area contributed by atoms with Crippen molar-refractivity contribution in [2.75, 3.05) is 31.6 Å². The lowest BCUT2D eigenvalue weighted by Gasteiger charge is -2.32. The molecule has 2 aliphatic rings. The maximum atomic E-state index is 12.9. The average Bonchev–Trinajstić information content (AvgIpc) is 3.10. The van der Waals surface area contributed by atoms with Crippen molar-refractivity contribution in [1.82, 2.24) is 15.1 Å². The maximum Gasteiger partial charge on any atom is 0.329 e. The summed E-state index contributed by atoms with van der Waals surface area (Å²) < 4.78 is 0. The summed E-state index contributed by atoms with van der Waals surface area (Å²) in [6, 6.07) is 10.00. The molecule has 0 aromatic heterocycles. The lowest BCUT2D eigenvalue weighted by Crippen LogP contribution is -2.50. The molecular formula is C20H26N4O2S. The zero-order valence-electron chi connectivity index (χ0n) is 15.9. The minimum absolute atomic E-state index is 0.0331. The number of thioether (sulfide) groups is 1. The van der Waals surface area contributed by atoms with Crippen LogP contribution in [0.15, 0.2) is 47.1 Å². The molecule has 1 aromatic rings. The summed E-state index contributed by atoms with van der Waals surface area (Å²) in [7, 11) is 0. The molecular weight excluding hydrogens is 360 g/mol. The first-order valence-electron chi connectivity index (χ1n) is 9.33. The molecule has 0 radical (unpaired) electrons. The minimum atomic E-state index is -0.164. The van der Waals surface area contributed by atoms with Gasteiger partial charge in [0, 0.05) is 25.0 Å². The minimum Gasteiger partial charge on any atom is -0.352 e. The van der Waals surface area contributed by atoms with Crippen LogP contribution in [0.5, 0.6) is 0 Å². The van der Waals surface area contributed by atoms with Crippen LogP contribution in [0.4, 0.5) is 4.79 Å². The number of carbonyl (C=O) groups excluding carboxylic acids is 2. The lowest BCUT2D eigenvalue weighted by atomic mass is 10.1. The van der Waals surface area contributed by atoms with Crippen molar-refractivity contribution >= 4 is 29.5 Å². The Balaban J connectivity index is 1.83. The first kappa shape index (κ1) is 19.5. The molecule has 0 saturated heterocycles. The molecule has 7 heteroatoms. The van der Waals surface area contributed by atoms with Crippen LogP contribution >= 0.6 is 11.8 Å². The molecule has 2 heterocycles. The smallest absolute Gasteiger partial charge is 0.329 e. The van der Waals surface area contributed by atoms with E-state index in [9.17, 15) is 9.59 Å². The van der Waals surface area contributed by atoms with E-state index in [1.165, 1.54) is 5.56 Å². The van der Waals surface area contributed by atoms with Crippen molar-refractivity contribution in [2.45, 2.75) is 25.8 Å². The molecule has 1 atom stereocenters. The first-order chi connectivity index (χ1) is 13.1. The van der Waals surface area contributed by atoms with Gasteiger partial charge in [0.15, 0.2) is 0 Å². The van der Waals surface area contributed by atoms with Crippen molar-refractivity contribution in [1.29, 1.82) is 0 Å². The highest BCUT2D eigenvalue weighted by Gasteiger charge is 2.39. The van der Waals surface area contributed by atoms with Crippen LogP contribution in [0, 0.1) is 0 Å². The fourth-order valence-electron chi connectivity index (χ4n) is 3.23. The van der Waals surface area contributed by atoms with Gasteiger partial charge in [-0.1, -0.05) is 37.3 Å². The van der Waals surface area contributed by atoms with Gasteiger partial charge in [-0.05, 0) is 24.7 Å². The number of amidine groups is 1. The fraction of sp³-hybridized carbons (Fsp3) is 0.450. The second kappa shape index (κ2) is 9.08. The van der Waals surface area contributed by atoms with Gasteiger partial charge in [-0.3, -0.25) is 19.6 Å². The summed E-state index contributed by atoms with van der Waals surface area (Å²) in [5.41, 5.74) is 1.67. The lowest BCUT2D eigenvalue weighted by molar-refractivity contribution is -0.117. The molecule has 0 unspecified atom stereocenters. The number of hydrogen-bond acceptors (Lipinski definition) is 4. The molecule has 1 N–H and O–H groups in total. The van der Waals surface area contributed by atoms with E-state index < -0.39 is 0 Å². The van der Waals surface area contributed by atoms with Crippen molar-refractivity contribution < 1.29 is 9.59 Å². The van der Waals surface area contributed by atoms with Gasteiger partial charge in [-0.2, -0.15) is 11.8 Å². The van der Waals surface area contributed by atoms with Crippen LogP contribution in [0.1, 0.15) is 18.9 Å². The van der Waals surface area contributed by atoms with Gasteiger partial charge < -0.3 is 5.32 Å². The molecule has 0 spiro atoms. The van der Waals surface area contributed by atoms with Crippen LogP contribution in [0.2, 0.25) is 0 Å². The van der Waals surface area contributed by atoms with Gasteiger partial charge in [-0.15, -0.1) is 0 Å². The molecule has 0 aliphatic carbocycles. The summed E-state index contributed by atoms with van der Waals surface area (Å²) >= 11 is 1.68. The third-order valence-corrected chi connectivity index (χ3v) is 5.18. The number of aliphatic imine (C=N–C) groups is 1. The zero-order chi connectivity index (χ0) is 19.2. The van der Waals surface area contributed by atoms with Crippen LogP contribution in [0.25, 0.3) is 0 Å². The van der Waals surface area contributed by atoms with Crippen LogP contribution < -0.4 is 5.32 Å². The number of nitrogens with zero attached hydrogens (tertiary/aromatic N) is 3. The Hall–Kier alpha value is -2.28. The number of amides is 3. The van der Waals surface area contributed by atoms with Gasteiger partial charge in [-0.25, -0.2) is 4.79 Å². The van der Waals surface area contributed by atoms with E-state index in [0.29, 0.717) is 31.0 Å². The summed E-state index contributed by atoms with van der Waals surface area (Å²) in [5.74, 6) is 1.16. The third-order valence-electron chi connectivity index (χ3n) is 4.59. The monoisotopic (exact) mass is 386 g/mol. The zero-order valence-corrected chi connectivity index (χ0v) is 16.7. The molecule has 2 aliphatic heterocycles.